The largest absolute Gasteiger partial charge is 0.302 e. The van der Waals surface area contributed by atoms with Crippen molar-refractivity contribution in [3.63, 3.8) is 0 Å². The molecule has 16 heavy (non-hydrogen) atoms. The third-order valence-electron chi connectivity index (χ3n) is 2.49. The van der Waals surface area contributed by atoms with Crippen molar-refractivity contribution in [3.8, 4) is 6.07 Å². The summed E-state index contributed by atoms with van der Waals surface area (Å²) in [7, 11) is 0. The molecule has 0 spiro atoms. The molecule has 1 N–H and O–H groups in total. The van der Waals surface area contributed by atoms with E-state index in [1.165, 1.54) is 17.5 Å². The minimum atomic E-state index is 0.00295. The third kappa shape index (κ3) is 2.47. The maximum Gasteiger partial charge on any atom is 0.229 e. The second-order valence-corrected chi connectivity index (χ2v) is 4.64. The van der Waals surface area contributed by atoms with Gasteiger partial charge in [-0.3, -0.25) is 4.79 Å². The number of allylic oxidation sites excluding steroid dienone is 2. The van der Waals surface area contributed by atoms with E-state index in [0.717, 1.165) is 19.3 Å². The molecule has 1 aromatic heterocycles. The van der Waals surface area contributed by atoms with Crippen molar-refractivity contribution in [1.29, 1.82) is 5.26 Å². The molecule has 1 aromatic rings. The average Bonchev–Trinajstić information content (AvgIpc) is 2.78. The average molecular weight is 233 g/mol. The van der Waals surface area contributed by atoms with Crippen LogP contribution in [0.25, 0.3) is 0 Å². The van der Waals surface area contributed by atoms with Gasteiger partial charge in [-0.1, -0.05) is 23.5 Å². The fourth-order valence-electron chi connectivity index (χ4n) is 1.62. The number of amides is 1. The number of anilines is 1. The lowest BCUT2D eigenvalue weighted by atomic mass is 9.94. The molecule has 0 aliphatic heterocycles. The summed E-state index contributed by atoms with van der Waals surface area (Å²) in [5, 5.41) is 11.9. The molecule has 4 nitrogen and oxygen atoms in total. The van der Waals surface area contributed by atoms with Gasteiger partial charge in [-0.25, -0.2) is 4.98 Å². The van der Waals surface area contributed by atoms with Gasteiger partial charge >= 0.3 is 0 Å². The van der Waals surface area contributed by atoms with Crippen LogP contribution in [0.1, 0.15) is 24.1 Å². The standard InChI is InChI=1S/C11H11N3OS/c12-6-9-7-13-11(16-9)14-10(15)8-4-2-1-3-5-8/h1-2,7-8H,3-5H2,(H,13,14,15). The molecular formula is C11H11N3OS. The highest BCUT2D eigenvalue weighted by Gasteiger charge is 2.19. The van der Waals surface area contributed by atoms with Crippen molar-refractivity contribution in [2.75, 3.05) is 5.32 Å². The number of carbonyl (C=O) groups is 1. The van der Waals surface area contributed by atoms with Crippen molar-refractivity contribution in [3.05, 3.63) is 23.2 Å². The van der Waals surface area contributed by atoms with Crippen LogP contribution in [0.5, 0.6) is 0 Å². The van der Waals surface area contributed by atoms with Crippen molar-refractivity contribution >= 4 is 22.4 Å². The maximum absolute atomic E-state index is 11.8. The highest BCUT2D eigenvalue weighted by atomic mass is 32.1. The van der Waals surface area contributed by atoms with Gasteiger partial charge in [0.2, 0.25) is 5.91 Å². The van der Waals surface area contributed by atoms with Gasteiger partial charge in [0.05, 0.1) is 6.20 Å². The number of thiazole rings is 1. The molecule has 1 heterocycles. The SMILES string of the molecule is N#Cc1cnc(NC(=O)C2CC=CCC2)s1. The second-order valence-electron chi connectivity index (χ2n) is 3.61. The van der Waals surface area contributed by atoms with E-state index in [0.29, 0.717) is 10.0 Å². The van der Waals surface area contributed by atoms with Crippen LogP contribution in [0.15, 0.2) is 18.3 Å². The van der Waals surface area contributed by atoms with E-state index in [1.807, 2.05) is 12.1 Å². The van der Waals surface area contributed by atoms with Gasteiger partial charge in [0.1, 0.15) is 10.9 Å². The highest BCUT2D eigenvalue weighted by Crippen LogP contribution is 2.22. The zero-order valence-electron chi connectivity index (χ0n) is 8.64. The molecule has 82 valence electrons. The molecule has 2 rings (SSSR count). The molecule has 0 fully saturated rings. The van der Waals surface area contributed by atoms with Crippen molar-refractivity contribution in [2.24, 2.45) is 5.92 Å². The van der Waals surface area contributed by atoms with Gasteiger partial charge < -0.3 is 5.32 Å². The lowest BCUT2D eigenvalue weighted by Gasteiger charge is -2.15. The number of hydrogen-bond donors (Lipinski definition) is 1. The van der Waals surface area contributed by atoms with E-state index in [2.05, 4.69) is 16.4 Å². The van der Waals surface area contributed by atoms with Crippen molar-refractivity contribution < 1.29 is 4.79 Å². The Morgan fingerprint density at radius 1 is 1.62 bits per heavy atom. The number of rotatable bonds is 2. The van der Waals surface area contributed by atoms with Crippen LogP contribution in [0.3, 0.4) is 0 Å². The van der Waals surface area contributed by atoms with Crippen LogP contribution < -0.4 is 5.32 Å². The smallest absolute Gasteiger partial charge is 0.229 e. The number of nitrogens with one attached hydrogen (secondary N) is 1. The number of hydrogen-bond acceptors (Lipinski definition) is 4. The molecule has 0 saturated carbocycles. The Morgan fingerprint density at radius 3 is 3.12 bits per heavy atom. The van der Waals surface area contributed by atoms with Crippen LogP contribution >= 0.6 is 11.3 Å². The minimum absolute atomic E-state index is 0.00295. The minimum Gasteiger partial charge on any atom is -0.302 e. The molecule has 0 aromatic carbocycles. The Balaban J connectivity index is 1.96. The summed E-state index contributed by atoms with van der Waals surface area (Å²) >= 11 is 1.20. The Morgan fingerprint density at radius 2 is 2.50 bits per heavy atom. The quantitative estimate of drug-likeness (QED) is 0.797. The molecule has 1 aliphatic carbocycles. The van der Waals surface area contributed by atoms with Crippen LogP contribution in [0.2, 0.25) is 0 Å². The van der Waals surface area contributed by atoms with Gasteiger partial charge in [-0.15, -0.1) is 0 Å². The fourth-order valence-corrected chi connectivity index (χ4v) is 2.24. The van der Waals surface area contributed by atoms with Crippen LogP contribution in [-0.4, -0.2) is 10.9 Å². The molecular weight excluding hydrogens is 222 g/mol. The summed E-state index contributed by atoms with van der Waals surface area (Å²) in [6.07, 6.45) is 8.25. The molecule has 0 bridgehead atoms. The van der Waals surface area contributed by atoms with Gasteiger partial charge in [-0.2, -0.15) is 5.26 Å². The molecule has 0 radical (unpaired) electrons. The first-order chi connectivity index (χ1) is 7.79. The summed E-state index contributed by atoms with van der Waals surface area (Å²) < 4.78 is 0. The molecule has 1 unspecified atom stereocenters. The maximum atomic E-state index is 11.8. The molecule has 0 saturated heterocycles. The predicted octanol–water partition coefficient (Wildman–Crippen LogP) is 2.31. The number of aromatic nitrogens is 1. The topological polar surface area (TPSA) is 65.8 Å². The number of carbonyl (C=O) groups excluding carboxylic acids is 1. The Hall–Kier alpha value is -1.67. The first-order valence-electron chi connectivity index (χ1n) is 5.11. The second kappa shape index (κ2) is 4.90. The first kappa shape index (κ1) is 10.8. The Bertz CT molecular complexity index is 458. The number of nitriles is 1. The summed E-state index contributed by atoms with van der Waals surface area (Å²) in [5.41, 5.74) is 0. The zero-order valence-corrected chi connectivity index (χ0v) is 9.46. The molecule has 1 amide bonds. The summed E-state index contributed by atoms with van der Waals surface area (Å²) in [6.45, 7) is 0. The summed E-state index contributed by atoms with van der Waals surface area (Å²) in [5.74, 6) is 0.0441. The molecule has 1 atom stereocenters. The van der Waals surface area contributed by atoms with Crippen molar-refractivity contribution in [1.82, 2.24) is 4.98 Å². The van der Waals surface area contributed by atoms with E-state index in [9.17, 15) is 4.79 Å². The predicted molar refractivity (Wildman–Crippen MR) is 61.9 cm³/mol. The van der Waals surface area contributed by atoms with Crippen molar-refractivity contribution in [2.45, 2.75) is 19.3 Å². The monoisotopic (exact) mass is 233 g/mol. The normalized spacial score (nSPS) is 19.1. The van der Waals surface area contributed by atoms with E-state index in [1.54, 1.807) is 0 Å². The van der Waals surface area contributed by atoms with Gasteiger partial charge in [-0.05, 0) is 19.3 Å². The van der Waals surface area contributed by atoms with E-state index < -0.39 is 0 Å². The summed E-state index contributed by atoms with van der Waals surface area (Å²) in [6, 6.07) is 1.99. The lowest BCUT2D eigenvalue weighted by Crippen LogP contribution is -2.23. The summed E-state index contributed by atoms with van der Waals surface area (Å²) in [4.78, 5) is 16.3. The zero-order chi connectivity index (χ0) is 11.4. The fraction of sp³-hybridized carbons (Fsp3) is 0.364. The van der Waals surface area contributed by atoms with Crippen LogP contribution in [-0.2, 0) is 4.79 Å². The number of nitrogens with zero attached hydrogens (tertiary/aromatic N) is 2. The van der Waals surface area contributed by atoms with Crippen LogP contribution in [0, 0.1) is 17.2 Å². The van der Waals surface area contributed by atoms with Gasteiger partial charge in [0, 0.05) is 5.92 Å². The molecule has 1 aliphatic rings. The Kier molecular flexibility index (Phi) is 3.32. The Labute approximate surface area is 97.6 Å². The van der Waals surface area contributed by atoms with Gasteiger partial charge in [0.15, 0.2) is 5.13 Å². The molecule has 5 heteroatoms. The lowest BCUT2D eigenvalue weighted by molar-refractivity contribution is -0.120. The highest BCUT2D eigenvalue weighted by molar-refractivity contribution is 7.16. The van der Waals surface area contributed by atoms with E-state index >= 15 is 0 Å². The van der Waals surface area contributed by atoms with E-state index in [-0.39, 0.29) is 11.8 Å². The first-order valence-corrected chi connectivity index (χ1v) is 5.93. The third-order valence-corrected chi connectivity index (χ3v) is 3.30. The van der Waals surface area contributed by atoms with E-state index in [4.69, 9.17) is 5.26 Å². The van der Waals surface area contributed by atoms with Gasteiger partial charge in [0.25, 0.3) is 0 Å². The van der Waals surface area contributed by atoms with Crippen LogP contribution in [0.4, 0.5) is 5.13 Å².